The van der Waals surface area contributed by atoms with Crippen LogP contribution in [0.2, 0.25) is 10.2 Å². The van der Waals surface area contributed by atoms with Gasteiger partial charge in [0.05, 0.1) is 11.8 Å². The van der Waals surface area contributed by atoms with Crippen molar-refractivity contribution in [3.05, 3.63) is 52.4 Å². The molecule has 0 spiro atoms. The average molecular weight is 314 g/mol. The van der Waals surface area contributed by atoms with Gasteiger partial charge in [0.2, 0.25) is 5.22 Å². The summed E-state index contributed by atoms with van der Waals surface area (Å²) in [5.74, 6) is -1.71. The second-order valence-corrected chi connectivity index (χ2v) is 4.65. The fourth-order valence-electron chi connectivity index (χ4n) is 1.63. The third-order valence-electron chi connectivity index (χ3n) is 2.53. The van der Waals surface area contributed by atoms with E-state index in [1.807, 2.05) is 0 Å². The molecule has 5 nitrogen and oxygen atoms in total. The molecule has 2 rings (SSSR count). The average Bonchev–Trinajstić information content (AvgIpc) is 2.82. The molecule has 20 heavy (non-hydrogen) atoms. The Morgan fingerprint density at radius 1 is 1.15 bits per heavy atom. The zero-order chi connectivity index (χ0) is 14.7. The molecule has 0 bridgehead atoms. The van der Waals surface area contributed by atoms with E-state index >= 15 is 0 Å². The number of aliphatic carboxylic acids is 1. The molecule has 2 aromatic rings. The zero-order valence-corrected chi connectivity index (χ0v) is 11.6. The minimum atomic E-state index is -1.15. The first kappa shape index (κ1) is 14.4. The lowest BCUT2D eigenvalue weighted by Gasteiger charge is -2.20. The van der Waals surface area contributed by atoms with E-state index in [2.05, 4.69) is 0 Å². The van der Waals surface area contributed by atoms with E-state index in [0.717, 1.165) is 4.90 Å². The van der Waals surface area contributed by atoms with E-state index in [0.29, 0.717) is 10.7 Å². The maximum atomic E-state index is 12.3. The zero-order valence-electron chi connectivity index (χ0n) is 10.0. The third kappa shape index (κ3) is 3.12. The monoisotopic (exact) mass is 313 g/mol. The van der Waals surface area contributed by atoms with Gasteiger partial charge in [-0.05, 0) is 41.9 Å². The molecule has 0 aliphatic carbocycles. The van der Waals surface area contributed by atoms with Gasteiger partial charge in [-0.2, -0.15) is 0 Å². The highest BCUT2D eigenvalue weighted by Gasteiger charge is 2.23. The highest BCUT2D eigenvalue weighted by molar-refractivity contribution is 6.33. The third-order valence-corrected chi connectivity index (χ3v) is 3.07. The Kier molecular flexibility index (Phi) is 4.32. The number of hydrogen-bond acceptors (Lipinski definition) is 3. The Labute approximate surface area is 124 Å². The fourth-order valence-corrected chi connectivity index (χ4v) is 1.95. The van der Waals surface area contributed by atoms with Crippen LogP contribution in [0.15, 0.2) is 41.0 Å². The van der Waals surface area contributed by atoms with Gasteiger partial charge in [-0.1, -0.05) is 11.6 Å². The maximum Gasteiger partial charge on any atom is 0.323 e. The number of carbonyl (C=O) groups excluding carboxylic acids is 1. The van der Waals surface area contributed by atoms with Crippen LogP contribution in [0.3, 0.4) is 0 Å². The van der Waals surface area contributed by atoms with Crippen molar-refractivity contribution in [1.82, 2.24) is 0 Å². The van der Waals surface area contributed by atoms with E-state index < -0.39 is 18.4 Å². The largest absolute Gasteiger partial charge is 0.480 e. The number of amides is 1. The predicted octanol–water partition coefficient (Wildman–Crippen LogP) is 3.32. The van der Waals surface area contributed by atoms with Crippen molar-refractivity contribution in [3.8, 4) is 0 Å². The summed E-state index contributed by atoms with van der Waals surface area (Å²) < 4.78 is 4.85. The van der Waals surface area contributed by atoms with E-state index in [9.17, 15) is 9.59 Å². The second kappa shape index (κ2) is 5.98. The number of nitrogens with zero attached hydrogens (tertiary/aromatic N) is 1. The molecular weight excluding hydrogens is 305 g/mol. The fraction of sp³-hybridized carbons (Fsp3) is 0.0769. The summed E-state index contributed by atoms with van der Waals surface area (Å²) in [6.07, 6.45) is 1.26. The van der Waals surface area contributed by atoms with E-state index in [4.69, 9.17) is 32.7 Å². The summed E-state index contributed by atoms with van der Waals surface area (Å²) in [4.78, 5) is 24.3. The molecule has 0 aliphatic rings. The lowest BCUT2D eigenvalue weighted by Crippen LogP contribution is -2.35. The van der Waals surface area contributed by atoms with Crippen LogP contribution in [0.1, 0.15) is 10.4 Å². The van der Waals surface area contributed by atoms with Crippen LogP contribution >= 0.6 is 23.2 Å². The number of benzene rings is 1. The molecule has 104 valence electrons. The molecule has 1 heterocycles. The molecule has 0 radical (unpaired) electrons. The number of anilines is 1. The first-order valence-electron chi connectivity index (χ1n) is 5.51. The van der Waals surface area contributed by atoms with Gasteiger partial charge in [0.15, 0.2) is 0 Å². The Balaban J connectivity index is 2.37. The number of carbonyl (C=O) groups is 2. The molecule has 0 saturated carbocycles. The minimum Gasteiger partial charge on any atom is -0.480 e. The smallest absolute Gasteiger partial charge is 0.323 e. The minimum absolute atomic E-state index is 0.0839. The summed E-state index contributed by atoms with van der Waals surface area (Å²) in [6, 6.07) is 7.62. The summed E-state index contributed by atoms with van der Waals surface area (Å²) >= 11 is 11.5. The van der Waals surface area contributed by atoms with Gasteiger partial charge in [0.25, 0.3) is 5.91 Å². The highest BCUT2D eigenvalue weighted by Crippen LogP contribution is 2.23. The molecular formula is C13H9Cl2NO4. The van der Waals surface area contributed by atoms with Gasteiger partial charge >= 0.3 is 5.97 Å². The van der Waals surface area contributed by atoms with Crippen LogP contribution in [0.25, 0.3) is 0 Å². The van der Waals surface area contributed by atoms with Crippen molar-refractivity contribution in [2.45, 2.75) is 0 Å². The molecule has 1 aromatic heterocycles. The number of furan rings is 1. The molecule has 1 aromatic carbocycles. The molecule has 7 heteroatoms. The van der Waals surface area contributed by atoms with E-state index in [1.54, 1.807) is 24.3 Å². The van der Waals surface area contributed by atoms with Crippen LogP contribution in [-0.4, -0.2) is 23.5 Å². The van der Waals surface area contributed by atoms with Gasteiger partial charge in [-0.3, -0.25) is 14.5 Å². The van der Waals surface area contributed by atoms with Crippen LogP contribution in [0.4, 0.5) is 5.69 Å². The Hall–Kier alpha value is -1.98. The van der Waals surface area contributed by atoms with E-state index in [-0.39, 0.29) is 10.8 Å². The number of rotatable bonds is 4. The molecule has 0 saturated heterocycles. The topological polar surface area (TPSA) is 70.8 Å². The molecule has 1 amide bonds. The number of halogens is 2. The lowest BCUT2D eigenvalue weighted by molar-refractivity contribution is -0.135. The van der Waals surface area contributed by atoms with Crippen LogP contribution in [-0.2, 0) is 4.79 Å². The van der Waals surface area contributed by atoms with Crippen molar-refractivity contribution >= 4 is 40.8 Å². The summed E-state index contributed by atoms with van der Waals surface area (Å²) in [6.45, 7) is -0.498. The van der Waals surface area contributed by atoms with Crippen LogP contribution in [0.5, 0.6) is 0 Å². The molecule has 1 N–H and O–H groups in total. The molecule has 0 aliphatic heterocycles. The SMILES string of the molecule is O=C(O)CN(C(=O)c1ccoc1Cl)c1ccc(Cl)cc1. The summed E-state index contributed by atoms with van der Waals surface area (Å²) in [5.41, 5.74) is 0.502. The summed E-state index contributed by atoms with van der Waals surface area (Å²) in [7, 11) is 0. The van der Waals surface area contributed by atoms with Crippen LogP contribution < -0.4 is 4.90 Å². The Morgan fingerprint density at radius 2 is 1.80 bits per heavy atom. The van der Waals surface area contributed by atoms with Gasteiger partial charge in [0, 0.05) is 10.7 Å². The first-order chi connectivity index (χ1) is 9.49. The van der Waals surface area contributed by atoms with Gasteiger partial charge in [-0.15, -0.1) is 0 Å². The van der Waals surface area contributed by atoms with Crippen molar-refractivity contribution < 1.29 is 19.1 Å². The standard InChI is InChI=1S/C13H9Cl2NO4/c14-8-1-3-9(4-2-8)16(7-11(17)18)13(19)10-5-6-20-12(10)15/h1-6H,7H2,(H,17,18). The van der Waals surface area contributed by atoms with Crippen molar-refractivity contribution in [3.63, 3.8) is 0 Å². The summed E-state index contributed by atoms with van der Waals surface area (Å²) in [5, 5.41) is 9.34. The number of hydrogen-bond donors (Lipinski definition) is 1. The quantitative estimate of drug-likeness (QED) is 0.940. The first-order valence-corrected chi connectivity index (χ1v) is 6.27. The van der Waals surface area contributed by atoms with Gasteiger partial charge < -0.3 is 9.52 Å². The van der Waals surface area contributed by atoms with Crippen LogP contribution in [0, 0.1) is 0 Å². The van der Waals surface area contributed by atoms with Crippen molar-refractivity contribution in [2.75, 3.05) is 11.4 Å². The molecule has 0 fully saturated rings. The Bertz CT molecular complexity index is 636. The highest BCUT2D eigenvalue weighted by atomic mass is 35.5. The van der Waals surface area contributed by atoms with Crippen molar-refractivity contribution in [2.24, 2.45) is 0 Å². The molecule has 0 unspecified atom stereocenters. The van der Waals surface area contributed by atoms with Crippen molar-refractivity contribution in [1.29, 1.82) is 0 Å². The predicted molar refractivity (Wildman–Crippen MR) is 74.5 cm³/mol. The van der Waals surface area contributed by atoms with Gasteiger partial charge in [0.1, 0.15) is 6.54 Å². The number of carboxylic acid groups (broad SMARTS) is 1. The lowest BCUT2D eigenvalue weighted by atomic mass is 10.2. The Morgan fingerprint density at radius 3 is 2.30 bits per heavy atom. The van der Waals surface area contributed by atoms with Gasteiger partial charge in [-0.25, -0.2) is 0 Å². The number of carboxylic acids is 1. The maximum absolute atomic E-state index is 12.3. The van der Waals surface area contributed by atoms with E-state index in [1.165, 1.54) is 12.3 Å². The second-order valence-electron chi connectivity index (χ2n) is 3.87. The normalized spacial score (nSPS) is 10.3. The molecule has 0 atom stereocenters.